The summed E-state index contributed by atoms with van der Waals surface area (Å²) in [6, 6.07) is 0. The number of hydrogen-bond donors (Lipinski definition) is 2. The molecule has 0 radical (unpaired) electrons. The highest BCUT2D eigenvalue weighted by Gasteiger charge is 2.64. The molecule has 0 saturated heterocycles. The lowest BCUT2D eigenvalue weighted by Gasteiger charge is -2.66. The average molecular weight is 473 g/mol. The van der Waals surface area contributed by atoms with Crippen molar-refractivity contribution >= 4 is 0 Å². The monoisotopic (exact) mass is 472 g/mol. The average Bonchev–Trinajstić information content (AvgIpc) is 3.03. The Hall–Kier alpha value is -0.290. The third kappa shape index (κ3) is 4.52. The summed E-state index contributed by atoms with van der Waals surface area (Å²) >= 11 is 0. The lowest BCUT2D eigenvalue weighted by Crippen LogP contribution is -2.60. The Morgan fingerprint density at radius 2 is 1.58 bits per heavy atom. The standard InChI is InChI=1S/C28H47F3O2/c1-18(6-7-19(32)16-28(29,30)31)21-8-9-22-20-10-12-24(2)17-25(3,33)14-15-27(24,5)23(20)11-13-26(21,22)4/h18-23,32-33H,6-17H2,1-5H3/t18-,19+,20+,21-,22+,23+,24+,25+,26-,27-/m1/s1. The van der Waals surface area contributed by atoms with E-state index in [2.05, 4.69) is 27.7 Å². The quantitative estimate of drug-likeness (QED) is 0.434. The number of hydrogen-bond acceptors (Lipinski definition) is 2. The van der Waals surface area contributed by atoms with Gasteiger partial charge in [0, 0.05) is 0 Å². The number of rotatable bonds is 5. The first-order chi connectivity index (χ1) is 15.1. The molecule has 2 N–H and O–H groups in total. The summed E-state index contributed by atoms with van der Waals surface area (Å²) in [5.41, 5.74) is 0.253. The molecule has 0 amide bonds. The summed E-state index contributed by atoms with van der Waals surface area (Å²) in [7, 11) is 0. The predicted octanol–water partition coefficient (Wildman–Crippen LogP) is 7.52. The second-order valence-corrected chi connectivity index (χ2v) is 13.8. The van der Waals surface area contributed by atoms with Gasteiger partial charge >= 0.3 is 6.18 Å². The van der Waals surface area contributed by atoms with Crippen LogP contribution in [0.25, 0.3) is 0 Å². The minimum Gasteiger partial charge on any atom is -0.393 e. The van der Waals surface area contributed by atoms with Crippen molar-refractivity contribution in [2.24, 2.45) is 45.8 Å². The van der Waals surface area contributed by atoms with Crippen LogP contribution in [-0.2, 0) is 0 Å². The molecule has 4 saturated carbocycles. The zero-order valence-corrected chi connectivity index (χ0v) is 21.5. The third-order valence-corrected chi connectivity index (χ3v) is 11.8. The van der Waals surface area contributed by atoms with Gasteiger partial charge in [0.05, 0.1) is 18.1 Å². The van der Waals surface area contributed by atoms with Gasteiger partial charge in [0.2, 0.25) is 0 Å². The summed E-state index contributed by atoms with van der Waals surface area (Å²) in [5.74, 6) is 3.10. The Morgan fingerprint density at radius 1 is 0.879 bits per heavy atom. The predicted molar refractivity (Wildman–Crippen MR) is 126 cm³/mol. The van der Waals surface area contributed by atoms with Gasteiger partial charge in [-0.2, -0.15) is 13.2 Å². The molecule has 0 heterocycles. The van der Waals surface area contributed by atoms with Crippen LogP contribution in [0, 0.1) is 45.8 Å². The first-order valence-electron chi connectivity index (χ1n) is 13.6. The van der Waals surface area contributed by atoms with Crippen molar-refractivity contribution in [2.45, 2.75) is 130 Å². The van der Waals surface area contributed by atoms with E-state index in [-0.39, 0.29) is 17.3 Å². The number of halogens is 3. The molecule has 0 unspecified atom stereocenters. The van der Waals surface area contributed by atoms with Crippen LogP contribution in [0.15, 0.2) is 0 Å². The molecule has 5 heteroatoms. The molecule has 192 valence electrons. The maximum absolute atomic E-state index is 12.6. The molecule has 0 aromatic carbocycles. The van der Waals surface area contributed by atoms with Gasteiger partial charge in [-0.3, -0.25) is 0 Å². The van der Waals surface area contributed by atoms with E-state index in [1.165, 1.54) is 38.5 Å². The Bertz CT molecular complexity index is 720. The summed E-state index contributed by atoms with van der Waals surface area (Å²) in [4.78, 5) is 0. The van der Waals surface area contributed by atoms with Crippen molar-refractivity contribution in [1.82, 2.24) is 0 Å². The summed E-state index contributed by atoms with van der Waals surface area (Å²) in [6.07, 6.45) is 4.62. The van der Waals surface area contributed by atoms with Crippen molar-refractivity contribution in [3.63, 3.8) is 0 Å². The van der Waals surface area contributed by atoms with Gasteiger partial charge in [-0.25, -0.2) is 0 Å². The summed E-state index contributed by atoms with van der Waals surface area (Å²) < 4.78 is 37.8. The number of aliphatic hydroxyl groups is 2. The van der Waals surface area contributed by atoms with Crippen LogP contribution >= 0.6 is 0 Å². The van der Waals surface area contributed by atoms with Crippen molar-refractivity contribution in [1.29, 1.82) is 0 Å². The summed E-state index contributed by atoms with van der Waals surface area (Å²) in [6.45, 7) is 11.7. The van der Waals surface area contributed by atoms with Crippen LogP contribution in [0.1, 0.15) is 112 Å². The SMILES string of the molecule is C[C@H](CC[C@H](O)CC(F)(F)F)[C@H]1CC[C@H]2[C@@H]3CC[C@@]4(C)C[C@@](C)(O)CC[C@]4(C)[C@H]3CC[C@]12C. The number of aliphatic hydroxyl groups excluding tert-OH is 1. The van der Waals surface area contributed by atoms with E-state index in [9.17, 15) is 23.4 Å². The second-order valence-electron chi connectivity index (χ2n) is 13.8. The second kappa shape index (κ2) is 8.39. The van der Waals surface area contributed by atoms with E-state index < -0.39 is 24.3 Å². The van der Waals surface area contributed by atoms with Gasteiger partial charge in [-0.1, -0.05) is 27.7 Å². The molecular formula is C28H47F3O2. The molecule has 0 aromatic rings. The number of alkyl halides is 3. The molecule has 0 bridgehead atoms. The highest BCUT2D eigenvalue weighted by Crippen LogP contribution is 2.72. The van der Waals surface area contributed by atoms with E-state index in [0.29, 0.717) is 29.6 Å². The lowest BCUT2D eigenvalue weighted by atomic mass is 9.39. The fourth-order valence-corrected chi connectivity index (χ4v) is 9.94. The Kier molecular flexibility index (Phi) is 6.56. The topological polar surface area (TPSA) is 40.5 Å². The van der Waals surface area contributed by atoms with Gasteiger partial charge in [-0.05, 0) is 123 Å². The zero-order valence-electron chi connectivity index (χ0n) is 21.5. The molecule has 10 atom stereocenters. The van der Waals surface area contributed by atoms with Crippen molar-refractivity contribution in [3.8, 4) is 0 Å². The molecule has 2 nitrogen and oxygen atoms in total. The van der Waals surface area contributed by atoms with Gasteiger partial charge in [-0.15, -0.1) is 0 Å². The first kappa shape index (κ1) is 25.8. The van der Waals surface area contributed by atoms with E-state index in [1.54, 1.807) is 0 Å². The minimum absolute atomic E-state index is 0.212. The van der Waals surface area contributed by atoms with Crippen molar-refractivity contribution in [3.05, 3.63) is 0 Å². The maximum Gasteiger partial charge on any atom is 0.391 e. The minimum atomic E-state index is -4.29. The van der Waals surface area contributed by atoms with Gasteiger partial charge in [0.15, 0.2) is 0 Å². The maximum atomic E-state index is 12.6. The first-order valence-corrected chi connectivity index (χ1v) is 13.6. The largest absolute Gasteiger partial charge is 0.393 e. The molecule has 4 aliphatic rings. The molecule has 33 heavy (non-hydrogen) atoms. The van der Waals surface area contributed by atoms with Gasteiger partial charge < -0.3 is 10.2 Å². The highest BCUT2D eigenvalue weighted by molar-refractivity contribution is 5.13. The van der Waals surface area contributed by atoms with Gasteiger partial charge in [0.1, 0.15) is 0 Å². The van der Waals surface area contributed by atoms with Crippen LogP contribution in [0.3, 0.4) is 0 Å². The smallest absolute Gasteiger partial charge is 0.391 e. The molecule has 0 aromatic heterocycles. The molecule has 0 aliphatic heterocycles. The summed E-state index contributed by atoms with van der Waals surface area (Å²) in [5, 5.41) is 20.7. The van der Waals surface area contributed by atoms with E-state index >= 15 is 0 Å². The molecule has 4 fully saturated rings. The van der Waals surface area contributed by atoms with Crippen LogP contribution in [-0.4, -0.2) is 28.1 Å². The van der Waals surface area contributed by atoms with Crippen LogP contribution < -0.4 is 0 Å². The Morgan fingerprint density at radius 3 is 2.24 bits per heavy atom. The molecule has 4 aliphatic carbocycles. The molecule has 0 spiro atoms. The normalized spacial score (nSPS) is 49.6. The zero-order chi connectivity index (χ0) is 24.4. The highest BCUT2D eigenvalue weighted by atomic mass is 19.4. The van der Waals surface area contributed by atoms with Crippen LogP contribution in [0.4, 0.5) is 13.2 Å². The van der Waals surface area contributed by atoms with Crippen molar-refractivity contribution in [2.75, 3.05) is 0 Å². The fraction of sp³-hybridized carbons (Fsp3) is 1.00. The Labute approximate surface area is 199 Å². The van der Waals surface area contributed by atoms with Gasteiger partial charge in [0.25, 0.3) is 0 Å². The van der Waals surface area contributed by atoms with Crippen LogP contribution in [0.2, 0.25) is 0 Å². The van der Waals surface area contributed by atoms with E-state index in [1.807, 2.05) is 6.92 Å². The fourth-order valence-electron chi connectivity index (χ4n) is 9.94. The van der Waals surface area contributed by atoms with E-state index in [0.717, 1.165) is 31.1 Å². The van der Waals surface area contributed by atoms with E-state index in [4.69, 9.17) is 0 Å². The molecule has 4 rings (SSSR count). The third-order valence-electron chi connectivity index (χ3n) is 11.8. The Balaban J connectivity index is 1.45. The van der Waals surface area contributed by atoms with Crippen molar-refractivity contribution < 1.29 is 23.4 Å². The number of fused-ring (bicyclic) bond motifs is 5. The molecular weight excluding hydrogens is 425 g/mol. The van der Waals surface area contributed by atoms with Crippen LogP contribution in [0.5, 0.6) is 0 Å². The lowest BCUT2D eigenvalue weighted by molar-refractivity contribution is -0.190.